The molecule has 1 fully saturated rings. The minimum Gasteiger partial charge on any atom is -0.299 e. The first-order valence-electron chi connectivity index (χ1n) is 6.37. The molecule has 1 aromatic rings. The van der Waals surface area contributed by atoms with Gasteiger partial charge in [0.2, 0.25) is 0 Å². The maximum Gasteiger partial charge on any atom is 0.138 e. The van der Waals surface area contributed by atoms with Crippen LogP contribution in [0.15, 0.2) is 12.1 Å². The van der Waals surface area contributed by atoms with Gasteiger partial charge in [-0.05, 0) is 24.5 Å². The molecule has 0 unspecified atom stereocenters. The van der Waals surface area contributed by atoms with Crippen molar-refractivity contribution < 1.29 is 4.79 Å². The molecular formula is C14H20OS. The number of rotatable bonds is 5. The van der Waals surface area contributed by atoms with Crippen LogP contribution in [0, 0.1) is 5.92 Å². The van der Waals surface area contributed by atoms with E-state index in [0.29, 0.717) is 18.1 Å². The lowest BCUT2D eigenvalue weighted by Crippen LogP contribution is -2.07. The minimum atomic E-state index is 0.441. The van der Waals surface area contributed by atoms with Crippen molar-refractivity contribution in [3.8, 4) is 0 Å². The molecular weight excluding hydrogens is 216 g/mol. The average Bonchev–Trinajstić information content (AvgIpc) is 2.89. The lowest BCUT2D eigenvalue weighted by atomic mass is 9.99. The number of Topliss-reactive ketones (excluding diaryl/α,β-unsaturated/α-hetero) is 1. The highest BCUT2D eigenvalue weighted by molar-refractivity contribution is 7.12. The maximum absolute atomic E-state index is 11.9. The Morgan fingerprint density at radius 2 is 2.00 bits per heavy atom. The van der Waals surface area contributed by atoms with Gasteiger partial charge in [-0.2, -0.15) is 0 Å². The third kappa shape index (κ3) is 3.18. The van der Waals surface area contributed by atoms with Crippen LogP contribution in [0.1, 0.15) is 48.8 Å². The number of aryl methyl sites for hydroxylation is 1. The monoisotopic (exact) mass is 236 g/mol. The van der Waals surface area contributed by atoms with E-state index in [0.717, 1.165) is 12.8 Å². The van der Waals surface area contributed by atoms with Crippen molar-refractivity contribution in [2.45, 2.75) is 51.9 Å². The molecule has 0 saturated heterocycles. The fraction of sp³-hybridized carbons (Fsp3) is 0.643. The standard InChI is InChI=1S/C14H20OS/c1-2-13-7-8-14(16-13)10-12(15)9-11-5-3-4-6-11/h7-8,11H,2-6,9-10H2,1H3. The molecule has 1 heterocycles. The third-order valence-electron chi connectivity index (χ3n) is 3.43. The van der Waals surface area contributed by atoms with E-state index in [1.54, 1.807) is 11.3 Å². The van der Waals surface area contributed by atoms with Gasteiger partial charge in [0.05, 0.1) is 0 Å². The zero-order valence-corrected chi connectivity index (χ0v) is 10.8. The predicted molar refractivity (Wildman–Crippen MR) is 69.0 cm³/mol. The summed E-state index contributed by atoms with van der Waals surface area (Å²) in [5.74, 6) is 1.13. The number of hydrogen-bond donors (Lipinski definition) is 0. The Hall–Kier alpha value is -0.630. The van der Waals surface area contributed by atoms with Gasteiger partial charge >= 0.3 is 0 Å². The van der Waals surface area contributed by atoms with Crippen LogP contribution in [0.5, 0.6) is 0 Å². The van der Waals surface area contributed by atoms with E-state index in [9.17, 15) is 4.79 Å². The fourth-order valence-electron chi connectivity index (χ4n) is 2.51. The second-order valence-corrected chi connectivity index (χ2v) is 6.04. The smallest absolute Gasteiger partial charge is 0.138 e. The summed E-state index contributed by atoms with van der Waals surface area (Å²) >= 11 is 1.80. The maximum atomic E-state index is 11.9. The van der Waals surface area contributed by atoms with Crippen molar-refractivity contribution in [1.82, 2.24) is 0 Å². The zero-order chi connectivity index (χ0) is 11.4. The Bertz CT molecular complexity index is 347. The van der Waals surface area contributed by atoms with Crippen LogP contribution in [0.3, 0.4) is 0 Å². The Morgan fingerprint density at radius 1 is 1.31 bits per heavy atom. The Morgan fingerprint density at radius 3 is 2.62 bits per heavy atom. The fourth-order valence-corrected chi connectivity index (χ4v) is 3.50. The van der Waals surface area contributed by atoms with Crippen LogP contribution in [0.2, 0.25) is 0 Å². The molecule has 1 aliphatic rings. The lowest BCUT2D eigenvalue weighted by Gasteiger charge is -2.06. The zero-order valence-electron chi connectivity index (χ0n) is 10.00. The Kier molecular flexibility index (Phi) is 4.16. The first-order chi connectivity index (χ1) is 7.78. The summed E-state index contributed by atoms with van der Waals surface area (Å²) in [4.78, 5) is 14.5. The molecule has 0 N–H and O–H groups in total. The number of ketones is 1. The number of carbonyl (C=O) groups is 1. The molecule has 0 aliphatic heterocycles. The molecule has 0 atom stereocenters. The van der Waals surface area contributed by atoms with Gasteiger partial charge in [0.15, 0.2) is 0 Å². The van der Waals surface area contributed by atoms with Crippen LogP contribution in [-0.2, 0) is 17.6 Å². The van der Waals surface area contributed by atoms with Crippen LogP contribution >= 0.6 is 11.3 Å². The molecule has 16 heavy (non-hydrogen) atoms. The van der Waals surface area contributed by atoms with Crippen LogP contribution in [-0.4, -0.2) is 5.78 Å². The highest BCUT2D eigenvalue weighted by Crippen LogP contribution is 2.28. The number of hydrogen-bond acceptors (Lipinski definition) is 2. The first kappa shape index (κ1) is 11.8. The molecule has 2 rings (SSSR count). The average molecular weight is 236 g/mol. The molecule has 1 nitrogen and oxygen atoms in total. The van der Waals surface area contributed by atoms with Gasteiger partial charge in [0, 0.05) is 22.6 Å². The van der Waals surface area contributed by atoms with E-state index in [2.05, 4.69) is 19.1 Å². The number of thiophene rings is 1. The van der Waals surface area contributed by atoms with E-state index >= 15 is 0 Å². The molecule has 1 aromatic heterocycles. The summed E-state index contributed by atoms with van der Waals surface area (Å²) in [6.45, 7) is 2.16. The molecule has 0 amide bonds. The van der Waals surface area contributed by atoms with E-state index in [-0.39, 0.29) is 0 Å². The highest BCUT2D eigenvalue weighted by Gasteiger charge is 2.18. The first-order valence-corrected chi connectivity index (χ1v) is 7.19. The van der Waals surface area contributed by atoms with Gasteiger partial charge in [-0.1, -0.05) is 32.6 Å². The molecule has 2 heteroatoms. The van der Waals surface area contributed by atoms with Gasteiger partial charge in [0.1, 0.15) is 5.78 Å². The topological polar surface area (TPSA) is 17.1 Å². The van der Waals surface area contributed by atoms with Gasteiger partial charge in [0.25, 0.3) is 0 Å². The van der Waals surface area contributed by atoms with Gasteiger partial charge in [-0.3, -0.25) is 4.79 Å². The summed E-state index contributed by atoms with van der Waals surface area (Å²) in [7, 11) is 0. The van der Waals surface area contributed by atoms with Crippen molar-refractivity contribution in [3.05, 3.63) is 21.9 Å². The second kappa shape index (κ2) is 5.62. The van der Waals surface area contributed by atoms with Crippen molar-refractivity contribution >= 4 is 17.1 Å². The Labute approximate surface area is 102 Å². The molecule has 1 saturated carbocycles. The lowest BCUT2D eigenvalue weighted by molar-refractivity contribution is -0.119. The molecule has 0 spiro atoms. The van der Waals surface area contributed by atoms with Crippen molar-refractivity contribution in [3.63, 3.8) is 0 Å². The van der Waals surface area contributed by atoms with Crippen LogP contribution in [0.25, 0.3) is 0 Å². The molecule has 1 aliphatic carbocycles. The van der Waals surface area contributed by atoms with E-state index in [1.165, 1.54) is 35.4 Å². The quantitative estimate of drug-likeness (QED) is 0.755. The summed E-state index contributed by atoms with van der Waals surface area (Å²) in [6, 6.07) is 4.28. The van der Waals surface area contributed by atoms with E-state index in [1.807, 2.05) is 0 Å². The normalized spacial score (nSPS) is 16.8. The van der Waals surface area contributed by atoms with Crippen molar-refractivity contribution in [1.29, 1.82) is 0 Å². The van der Waals surface area contributed by atoms with Crippen molar-refractivity contribution in [2.24, 2.45) is 5.92 Å². The predicted octanol–water partition coefficient (Wildman–Crippen LogP) is 4.00. The molecule has 88 valence electrons. The summed E-state index contributed by atoms with van der Waals surface area (Å²) < 4.78 is 0. The summed E-state index contributed by atoms with van der Waals surface area (Å²) in [5, 5.41) is 0. The van der Waals surface area contributed by atoms with Crippen LogP contribution in [0.4, 0.5) is 0 Å². The largest absolute Gasteiger partial charge is 0.299 e. The molecule has 0 bridgehead atoms. The third-order valence-corrected chi connectivity index (χ3v) is 4.66. The second-order valence-electron chi connectivity index (χ2n) is 4.79. The van der Waals surface area contributed by atoms with Crippen LogP contribution < -0.4 is 0 Å². The van der Waals surface area contributed by atoms with Crippen molar-refractivity contribution in [2.75, 3.05) is 0 Å². The van der Waals surface area contributed by atoms with Gasteiger partial charge in [-0.15, -0.1) is 11.3 Å². The summed E-state index contributed by atoms with van der Waals surface area (Å²) in [5.41, 5.74) is 0. The molecule has 0 radical (unpaired) electrons. The van der Waals surface area contributed by atoms with E-state index in [4.69, 9.17) is 0 Å². The van der Waals surface area contributed by atoms with E-state index < -0.39 is 0 Å². The molecule has 0 aromatic carbocycles. The minimum absolute atomic E-state index is 0.441. The van der Waals surface area contributed by atoms with Gasteiger partial charge < -0.3 is 0 Å². The highest BCUT2D eigenvalue weighted by atomic mass is 32.1. The number of carbonyl (C=O) groups excluding carboxylic acids is 1. The van der Waals surface area contributed by atoms with Gasteiger partial charge in [-0.25, -0.2) is 0 Å². The Balaban J connectivity index is 1.81. The SMILES string of the molecule is CCc1ccc(CC(=O)CC2CCCC2)s1. The summed E-state index contributed by atoms with van der Waals surface area (Å²) in [6.07, 6.45) is 7.78.